The fourth-order valence-electron chi connectivity index (χ4n) is 3.93. The Morgan fingerprint density at radius 1 is 1.15 bits per heavy atom. The second-order valence-electron chi connectivity index (χ2n) is 7.72. The highest BCUT2D eigenvalue weighted by atomic mass is 127. The van der Waals surface area contributed by atoms with Gasteiger partial charge in [-0.25, -0.2) is 0 Å². The molecule has 0 bridgehead atoms. The maximum absolute atomic E-state index is 5.49. The number of likely N-dealkylation sites (tertiary alicyclic amines) is 1. The van der Waals surface area contributed by atoms with E-state index in [0.717, 1.165) is 57.9 Å². The van der Waals surface area contributed by atoms with Crippen molar-refractivity contribution >= 4 is 29.9 Å². The second-order valence-corrected chi connectivity index (χ2v) is 7.72. The standard InChI is InChI=1S/C19H39N5O.HI/c1-16(2)18(24-11-13-25-14-12-24)15-22-19(20-4)21-8-10-23-9-6-5-7-17(23)3;/h16-18H,5-15H2,1-4H3,(H2,20,21,22);1H. The summed E-state index contributed by atoms with van der Waals surface area (Å²) in [6.07, 6.45) is 4.06. The predicted molar refractivity (Wildman–Crippen MR) is 121 cm³/mol. The molecule has 2 saturated heterocycles. The number of rotatable bonds is 7. The van der Waals surface area contributed by atoms with Gasteiger partial charge in [-0.05, 0) is 32.2 Å². The summed E-state index contributed by atoms with van der Waals surface area (Å²) in [5, 5.41) is 7.02. The molecule has 2 N–H and O–H groups in total. The lowest BCUT2D eigenvalue weighted by Crippen LogP contribution is -2.53. The Kier molecular flexibility index (Phi) is 12.1. The Morgan fingerprint density at radius 3 is 2.50 bits per heavy atom. The third kappa shape index (κ3) is 7.86. The lowest BCUT2D eigenvalue weighted by molar-refractivity contribution is 0.00752. The molecule has 0 aromatic carbocycles. The van der Waals surface area contributed by atoms with E-state index in [-0.39, 0.29) is 24.0 Å². The number of hydrogen-bond donors (Lipinski definition) is 2. The topological polar surface area (TPSA) is 52.1 Å². The van der Waals surface area contributed by atoms with Gasteiger partial charge >= 0.3 is 0 Å². The molecule has 0 radical (unpaired) electrons. The molecule has 2 fully saturated rings. The summed E-state index contributed by atoms with van der Waals surface area (Å²) < 4.78 is 5.49. The van der Waals surface area contributed by atoms with Crippen LogP contribution in [0.2, 0.25) is 0 Å². The predicted octanol–water partition coefficient (Wildman–Crippen LogP) is 2.00. The Hall–Kier alpha value is -0.120. The number of nitrogens with one attached hydrogen (secondary N) is 2. The van der Waals surface area contributed by atoms with Crippen LogP contribution in [-0.2, 0) is 4.74 Å². The molecule has 0 saturated carbocycles. The van der Waals surface area contributed by atoms with Crippen LogP contribution in [0.4, 0.5) is 0 Å². The van der Waals surface area contributed by atoms with E-state index in [1.54, 1.807) is 0 Å². The van der Waals surface area contributed by atoms with Gasteiger partial charge in [0.05, 0.1) is 13.2 Å². The molecule has 0 amide bonds. The van der Waals surface area contributed by atoms with Gasteiger partial charge in [0.2, 0.25) is 0 Å². The number of nitrogens with zero attached hydrogens (tertiary/aromatic N) is 3. The lowest BCUT2D eigenvalue weighted by atomic mass is 10.0. The van der Waals surface area contributed by atoms with Gasteiger partial charge in [-0.2, -0.15) is 0 Å². The largest absolute Gasteiger partial charge is 0.379 e. The first-order valence-corrected chi connectivity index (χ1v) is 10.1. The normalized spacial score (nSPS) is 24.2. The van der Waals surface area contributed by atoms with E-state index >= 15 is 0 Å². The average molecular weight is 481 g/mol. The molecule has 2 rings (SSSR count). The van der Waals surface area contributed by atoms with Crippen molar-refractivity contribution < 1.29 is 4.74 Å². The van der Waals surface area contributed by atoms with Crippen molar-refractivity contribution in [3.05, 3.63) is 0 Å². The average Bonchev–Trinajstić information content (AvgIpc) is 2.62. The Bertz CT molecular complexity index is 401. The van der Waals surface area contributed by atoms with Crippen molar-refractivity contribution in [2.24, 2.45) is 10.9 Å². The first-order chi connectivity index (χ1) is 12.1. The summed E-state index contributed by atoms with van der Waals surface area (Å²) in [5.74, 6) is 1.53. The van der Waals surface area contributed by atoms with E-state index in [4.69, 9.17) is 4.74 Å². The molecule has 0 aromatic heterocycles. The number of piperidine rings is 1. The van der Waals surface area contributed by atoms with Crippen LogP contribution in [0, 0.1) is 5.92 Å². The minimum Gasteiger partial charge on any atom is -0.379 e. The van der Waals surface area contributed by atoms with Gasteiger partial charge in [0, 0.05) is 51.9 Å². The van der Waals surface area contributed by atoms with Crippen LogP contribution in [-0.4, -0.2) is 87.4 Å². The Labute approximate surface area is 177 Å². The first-order valence-electron chi connectivity index (χ1n) is 10.1. The summed E-state index contributed by atoms with van der Waals surface area (Å²) >= 11 is 0. The number of halogens is 1. The maximum atomic E-state index is 5.49. The summed E-state index contributed by atoms with van der Waals surface area (Å²) in [7, 11) is 1.86. The summed E-state index contributed by atoms with van der Waals surface area (Å²) in [4.78, 5) is 9.54. The number of morpholine rings is 1. The molecular weight excluding hydrogens is 441 g/mol. The van der Waals surface area contributed by atoms with Crippen LogP contribution in [0.1, 0.15) is 40.0 Å². The van der Waals surface area contributed by atoms with Gasteiger partial charge in [0.1, 0.15) is 0 Å². The summed E-state index contributed by atoms with van der Waals surface area (Å²) in [6.45, 7) is 14.9. The molecule has 6 nitrogen and oxygen atoms in total. The Morgan fingerprint density at radius 2 is 1.88 bits per heavy atom. The van der Waals surface area contributed by atoms with Crippen molar-refractivity contribution in [3.63, 3.8) is 0 Å². The molecule has 2 aliphatic heterocycles. The van der Waals surface area contributed by atoms with Gasteiger partial charge in [-0.15, -0.1) is 24.0 Å². The molecule has 2 aliphatic rings. The van der Waals surface area contributed by atoms with Gasteiger partial charge in [-0.1, -0.05) is 20.3 Å². The van der Waals surface area contributed by atoms with Crippen LogP contribution in [0.5, 0.6) is 0 Å². The molecule has 0 aliphatic carbocycles. The first kappa shape index (κ1) is 23.9. The third-order valence-electron chi connectivity index (χ3n) is 5.62. The molecule has 2 heterocycles. The lowest BCUT2D eigenvalue weighted by Gasteiger charge is -2.37. The number of hydrogen-bond acceptors (Lipinski definition) is 4. The third-order valence-corrected chi connectivity index (χ3v) is 5.62. The molecule has 0 spiro atoms. The van der Waals surface area contributed by atoms with Crippen LogP contribution in [0.15, 0.2) is 4.99 Å². The van der Waals surface area contributed by atoms with Crippen molar-refractivity contribution in [1.82, 2.24) is 20.4 Å². The quantitative estimate of drug-likeness (QED) is 0.331. The fourth-order valence-corrected chi connectivity index (χ4v) is 3.93. The zero-order valence-electron chi connectivity index (χ0n) is 17.2. The van der Waals surface area contributed by atoms with E-state index in [0.29, 0.717) is 12.0 Å². The SMILES string of the molecule is CN=C(NCCN1CCCCC1C)NCC(C(C)C)N1CCOCC1.I. The highest BCUT2D eigenvalue weighted by Gasteiger charge is 2.24. The monoisotopic (exact) mass is 481 g/mol. The van der Waals surface area contributed by atoms with Crippen LogP contribution in [0.25, 0.3) is 0 Å². The maximum Gasteiger partial charge on any atom is 0.191 e. The van der Waals surface area contributed by atoms with Crippen LogP contribution >= 0.6 is 24.0 Å². The van der Waals surface area contributed by atoms with Crippen LogP contribution < -0.4 is 10.6 Å². The molecule has 0 aromatic rings. The number of aliphatic imine (C=N–C) groups is 1. The molecule has 26 heavy (non-hydrogen) atoms. The number of guanidine groups is 1. The Balaban J connectivity index is 0.00000338. The molecule has 7 heteroatoms. The van der Waals surface area contributed by atoms with Crippen molar-refractivity contribution in [3.8, 4) is 0 Å². The molecular formula is C19H40IN5O. The zero-order chi connectivity index (χ0) is 18.1. The van der Waals surface area contributed by atoms with Gasteiger partial charge in [0.15, 0.2) is 5.96 Å². The minimum absolute atomic E-state index is 0. The van der Waals surface area contributed by atoms with E-state index < -0.39 is 0 Å². The van der Waals surface area contributed by atoms with Gasteiger partial charge < -0.3 is 15.4 Å². The zero-order valence-corrected chi connectivity index (χ0v) is 19.5. The highest BCUT2D eigenvalue weighted by molar-refractivity contribution is 14.0. The van der Waals surface area contributed by atoms with Crippen LogP contribution in [0.3, 0.4) is 0 Å². The molecule has 154 valence electrons. The smallest absolute Gasteiger partial charge is 0.191 e. The minimum atomic E-state index is 0. The molecule has 2 unspecified atom stereocenters. The fraction of sp³-hybridized carbons (Fsp3) is 0.947. The van der Waals surface area contributed by atoms with E-state index in [1.807, 2.05) is 7.05 Å². The van der Waals surface area contributed by atoms with Gasteiger partial charge in [-0.3, -0.25) is 14.8 Å². The summed E-state index contributed by atoms with van der Waals surface area (Å²) in [5.41, 5.74) is 0. The highest BCUT2D eigenvalue weighted by Crippen LogP contribution is 2.15. The van der Waals surface area contributed by atoms with Crippen molar-refractivity contribution in [2.45, 2.75) is 52.1 Å². The van der Waals surface area contributed by atoms with E-state index in [9.17, 15) is 0 Å². The van der Waals surface area contributed by atoms with E-state index in [1.165, 1.54) is 25.8 Å². The molecule has 2 atom stereocenters. The summed E-state index contributed by atoms with van der Waals surface area (Å²) in [6, 6.07) is 1.24. The second kappa shape index (κ2) is 13.1. The van der Waals surface area contributed by atoms with Crippen molar-refractivity contribution in [2.75, 3.05) is 59.5 Å². The van der Waals surface area contributed by atoms with Crippen molar-refractivity contribution in [1.29, 1.82) is 0 Å². The van der Waals surface area contributed by atoms with E-state index in [2.05, 4.69) is 46.2 Å². The number of ether oxygens (including phenoxy) is 1. The van der Waals surface area contributed by atoms with Gasteiger partial charge in [0.25, 0.3) is 0 Å².